The van der Waals surface area contributed by atoms with Gasteiger partial charge >= 0.3 is 29.8 Å². The molecule has 0 heterocycles. The Balaban J connectivity index is 4.99. The van der Waals surface area contributed by atoms with E-state index in [1.807, 2.05) is 27.7 Å². The van der Waals surface area contributed by atoms with Gasteiger partial charge < -0.3 is 28.4 Å². The lowest BCUT2D eigenvalue weighted by molar-refractivity contribution is -0.169. The number of esters is 5. The Hall–Kier alpha value is -2.69. The first-order chi connectivity index (χ1) is 24.9. The molecule has 11 nitrogen and oxygen atoms in total. The lowest BCUT2D eigenvalue weighted by Gasteiger charge is -2.28. The van der Waals surface area contributed by atoms with E-state index in [-0.39, 0.29) is 88.1 Å². The molecule has 0 aromatic heterocycles. The van der Waals surface area contributed by atoms with E-state index in [1.54, 1.807) is 20.8 Å². The second-order valence-electron chi connectivity index (χ2n) is 16.5. The van der Waals surface area contributed by atoms with Crippen LogP contribution in [0.2, 0.25) is 0 Å². The molecule has 0 N–H and O–H groups in total. The predicted octanol–water partition coefficient (Wildman–Crippen LogP) is 8.81. The Bertz CT molecular complexity index is 1040. The van der Waals surface area contributed by atoms with Gasteiger partial charge in [-0.25, -0.2) is 0 Å². The van der Waals surface area contributed by atoms with Gasteiger partial charge in [-0.1, -0.05) is 100 Å². The topological polar surface area (TPSA) is 141 Å². The highest BCUT2D eigenvalue weighted by Crippen LogP contribution is 2.23. The molecular formula is C42H76O11. The van der Waals surface area contributed by atoms with Crippen molar-refractivity contribution in [1.29, 1.82) is 0 Å². The van der Waals surface area contributed by atoms with Crippen LogP contribution in [-0.2, 0) is 52.4 Å². The molecule has 0 saturated heterocycles. The van der Waals surface area contributed by atoms with Crippen LogP contribution in [0, 0.1) is 35.0 Å². The third kappa shape index (κ3) is 26.7. The van der Waals surface area contributed by atoms with Crippen molar-refractivity contribution in [2.24, 2.45) is 35.0 Å². The fourth-order valence-electron chi connectivity index (χ4n) is 5.31. The van der Waals surface area contributed by atoms with Crippen molar-refractivity contribution in [2.45, 2.75) is 172 Å². The van der Waals surface area contributed by atoms with E-state index in [9.17, 15) is 24.0 Å². The third-order valence-corrected chi connectivity index (χ3v) is 9.25. The first-order valence-corrected chi connectivity index (χ1v) is 20.3. The summed E-state index contributed by atoms with van der Waals surface area (Å²) in [4.78, 5) is 63.0. The van der Waals surface area contributed by atoms with Crippen molar-refractivity contribution in [2.75, 3.05) is 33.0 Å². The van der Waals surface area contributed by atoms with E-state index >= 15 is 0 Å². The fourth-order valence-corrected chi connectivity index (χ4v) is 5.31. The summed E-state index contributed by atoms with van der Waals surface area (Å²) < 4.78 is 33.1. The quantitative estimate of drug-likeness (QED) is 0.0381. The van der Waals surface area contributed by atoms with Crippen molar-refractivity contribution in [3.63, 3.8) is 0 Å². The van der Waals surface area contributed by atoms with Crippen molar-refractivity contribution in [3.05, 3.63) is 0 Å². The molecule has 11 heteroatoms. The van der Waals surface area contributed by atoms with E-state index in [2.05, 4.69) is 27.7 Å². The van der Waals surface area contributed by atoms with Crippen molar-refractivity contribution < 1.29 is 52.4 Å². The van der Waals surface area contributed by atoms with Gasteiger partial charge in [-0.2, -0.15) is 0 Å². The Kier molecular flexibility index (Phi) is 27.3. The smallest absolute Gasteiger partial charge is 0.317 e. The van der Waals surface area contributed by atoms with Gasteiger partial charge in [0.05, 0.1) is 25.2 Å². The average Bonchev–Trinajstić information content (AvgIpc) is 3.08. The third-order valence-electron chi connectivity index (χ3n) is 9.25. The minimum atomic E-state index is -1.16. The minimum absolute atomic E-state index is 0.0429. The highest BCUT2D eigenvalue weighted by molar-refractivity contribution is 5.78. The first kappa shape index (κ1) is 50.3. The van der Waals surface area contributed by atoms with E-state index in [1.165, 1.54) is 0 Å². The largest absolute Gasteiger partial charge is 0.465 e. The molecule has 0 fully saturated rings. The molecule has 0 radical (unpaired) electrons. The number of hydrogen-bond donors (Lipinski definition) is 0. The SMILES string of the molecule is CCC(C)CCCC(C)CC(=O)OCC(COC(=O)CC(C)CCCC(C)C)OC(=O)CCCCCOC(=O)C(C)(COC(=O)C(C)C)COC(C)C. The van der Waals surface area contributed by atoms with Crippen molar-refractivity contribution in [3.8, 4) is 0 Å². The summed E-state index contributed by atoms with van der Waals surface area (Å²) in [6.45, 7) is 21.3. The van der Waals surface area contributed by atoms with Gasteiger partial charge in [0, 0.05) is 19.3 Å². The molecule has 53 heavy (non-hydrogen) atoms. The molecule has 310 valence electrons. The highest BCUT2D eigenvalue weighted by atomic mass is 16.6. The maximum Gasteiger partial charge on any atom is 0.317 e. The molecule has 0 amide bonds. The van der Waals surface area contributed by atoms with E-state index in [0.29, 0.717) is 31.1 Å². The average molecular weight is 757 g/mol. The lowest BCUT2D eigenvalue weighted by Crippen LogP contribution is -2.41. The zero-order chi connectivity index (χ0) is 40.4. The number of unbranched alkanes of at least 4 members (excludes halogenated alkanes) is 2. The van der Waals surface area contributed by atoms with Gasteiger partial charge in [-0.15, -0.1) is 0 Å². The number of rotatable bonds is 31. The van der Waals surface area contributed by atoms with Gasteiger partial charge in [0.1, 0.15) is 25.2 Å². The number of carbonyl (C=O) groups excluding carboxylic acids is 5. The van der Waals surface area contributed by atoms with Crippen LogP contribution in [0.15, 0.2) is 0 Å². The lowest BCUT2D eigenvalue weighted by atomic mass is 9.93. The standard InChI is InChI=1S/C42H76O11/c1-12-33(8)19-17-21-35(10)25-39(45)50-27-36(26-49-38(44)24-34(9)20-16-18-30(2)3)53-37(43)22-14-13-15-23-48-41(47)42(11,28-51-32(6)7)29-52-40(46)31(4)5/h30-36H,12-29H2,1-11H3. The van der Waals surface area contributed by atoms with Crippen LogP contribution in [-0.4, -0.2) is 75.1 Å². The van der Waals surface area contributed by atoms with Crippen LogP contribution in [0.3, 0.4) is 0 Å². The molecule has 0 spiro atoms. The zero-order valence-corrected chi connectivity index (χ0v) is 35.3. The molecule has 5 atom stereocenters. The fraction of sp³-hybridized carbons (Fsp3) is 0.881. The molecule has 0 saturated carbocycles. The van der Waals surface area contributed by atoms with E-state index in [0.717, 1.165) is 44.9 Å². The molecule has 0 aliphatic rings. The summed E-state index contributed by atoms with van der Waals surface area (Å²) in [7, 11) is 0. The van der Waals surface area contributed by atoms with Gasteiger partial charge in [-0.05, 0) is 63.7 Å². The highest BCUT2D eigenvalue weighted by Gasteiger charge is 2.38. The predicted molar refractivity (Wildman–Crippen MR) is 206 cm³/mol. The van der Waals surface area contributed by atoms with Gasteiger partial charge in [0.15, 0.2) is 6.10 Å². The molecule has 0 aromatic carbocycles. The van der Waals surface area contributed by atoms with Crippen molar-refractivity contribution in [1.82, 2.24) is 0 Å². The van der Waals surface area contributed by atoms with Gasteiger partial charge in [0.2, 0.25) is 0 Å². The normalized spacial score (nSPS) is 15.0. The summed E-state index contributed by atoms with van der Waals surface area (Å²) in [6, 6.07) is 0. The second-order valence-corrected chi connectivity index (χ2v) is 16.5. The van der Waals surface area contributed by atoms with Gasteiger partial charge in [0.25, 0.3) is 0 Å². The van der Waals surface area contributed by atoms with Crippen LogP contribution < -0.4 is 0 Å². The Labute approximate surface area is 321 Å². The molecular weight excluding hydrogens is 680 g/mol. The zero-order valence-electron chi connectivity index (χ0n) is 35.3. The Morgan fingerprint density at radius 2 is 1.13 bits per heavy atom. The molecule has 0 aliphatic heterocycles. The van der Waals surface area contributed by atoms with E-state index in [4.69, 9.17) is 28.4 Å². The Morgan fingerprint density at radius 1 is 0.585 bits per heavy atom. The summed E-state index contributed by atoms with van der Waals surface area (Å²) in [5.41, 5.74) is -1.16. The Morgan fingerprint density at radius 3 is 1.64 bits per heavy atom. The van der Waals surface area contributed by atoms with Crippen LogP contribution in [0.4, 0.5) is 0 Å². The first-order valence-electron chi connectivity index (χ1n) is 20.3. The molecule has 0 bridgehead atoms. The van der Waals surface area contributed by atoms with Gasteiger partial charge in [-0.3, -0.25) is 24.0 Å². The number of hydrogen-bond acceptors (Lipinski definition) is 11. The van der Waals surface area contributed by atoms with Crippen LogP contribution in [0.25, 0.3) is 0 Å². The molecule has 0 aromatic rings. The molecule has 5 unspecified atom stereocenters. The maximum atomic E-state index is 13.0. The van der Waals surface area contributed by atoms with Crippen LogP contribution >= 0.6 is 0 Å². The summed E-state index contributed by atoms with van der Waals surface area (Å²) >= 11 is 0. The molecule has 0 rings (SSSR count). The van der Waals surface area contributed by atoms with Crippen LogP contribution in [0.1, 0.15) is 160 Å². The summed E-state index contributed by atoms with van der Waals surface area (Å²) in [5.74, 6) is -0.863. The molecule has 0 aliphatic carbocycles. The minimum Gasteiger partial charge on any atom is -0.465 e. The van der Waals surface area contributed by atoms with Crippen molar-refractivity contribution >= 4 is 29.8 Å². The number of ether oxygens (including phenoxy) is 6. The van der Waals surface area contributed by atoms with E-state index < -0.39 is 29.4 Å². The summed E-state index contributed by atoms with van der Waals surface area (Å²) in [6.07, 6.45) is 8.51. The summed E-state index contributed by atoms with van der Waals surface area (Å²) in [5, 5.41) is 0. The number of carbonyl (C=O) groups is 5. The second kappa shape index (κ2) is 28.7. The monoisotopic (exact) mass is 757 g/mol. The van der Waals surface area contributed by atoms with Crippen LogP contribution in [0.5, 0.6) is 0 Å². The maximum absolute atomic E-state index is 13.0.